The molecule has 1 aromatic heterocycles. The van der Waals surface area contributed by atoms with Crippen molar-refractivity contribution in [1.29, 1.82) is 0 Å². The first-order valence-electron chi connectivity index (χ1n) is 7.54. The van der Waals surface area contributed by atoms with Gasteiger partial charge in [-0.25, -0.2) is 4.79 Å². The molecule has 0 aliphatic heterocycles. The second-order valence-corrected chi connectivity index (χ2v) is 5.98. The van der Waals surface area contributed by atoms with E-state index in [9.17, 15) is 23.1 Å². The average Bonchev–Trinajstić information content (AvgIpc) is 2.61. The third-order valence-electron chi connectivity index (χ3n) is 3.91. The second-order valence-electron chi connectivity index (χ2n) is 5.57. The van der Waals surface area contributed by atoms with Gasteiger partial charge in [0.25, 0.3) is 0 Å². The predicted molar refractivity (Wildman–Crippen MR) is 91.7 cm³/mol. The Balaban J connectivity index is 0.00000176. The van der Waals surface area contributed by atoms with Gasteiger partial charge >= 0.3 is 12.1 Å². The Labute approximate surface area is 158 Å². The van der Waals surface area contributed by atoms with Crippen LogP contribution >= 0.6 is 11.6 Å². The molecular formula is C17H18ClF3N2O4. The van der Waals surface area contributed by atoms with Crippen molar-refractivity contribution in [2.75, 3.05) is 7.11 Å². The molecule has 2 atom stereocenters. The number of aryl methyl sites for hydroxylation is 1. The van der Waals surface area contributed by atoms with E-state index < -0.39 is 29.4 Å². The Morgan fingerprint density at radius 1 is 1.22 bits per heavy atom. The lowest BCUT2D eigenvalue weighted by Crippen LogP contribution is -2.47. The molecule has 6 nitrogen and oxygen atoms in total. The molecule has 0 spiro atoms. The SMILES string of the molecule is CO.Cc1cncc(C(O)(C(C)c2cc(C(=O)O)ccc2Cl)C(F)(F)F)n1. The molecule has 1 heterocycles. The van der Waals surface area contributed by atoms with Crippen LogP contribution in [0.15, 0.2) is 30.6 Å². The Kier molecular flexibility index (Phi) is 7.30. The first-order chi connectivity index (χ1) is 12.5. The summed E-state index contributed by atoms with van der Waals surface area (Å²) in [5, 5.41) is 26.5. The summed E-state index contributed by atoms with van der Waals surface area (Å²) in [6.45, 7) is 2.54. The molecule has 2 rings (SSSR count). The van der Waals surface area contributed by atoms with E-state index in [1.165, 1.54) is 25.3 Å². The summed E-state index contributed by atoms with van der Waals surface area (Å²) < 4.78 is 41.3. The highest BCUT2D eigenvalue weighted by Crippen LogP contribution is 2.49. The summed E-state index contributed by atoms with van der Waals surface area (Å²) in [7, 11) is 1.00. The van der Waals surface area contributed by atoms with Crippen LogP contribution in [0, 0.1) is 6.92 Å². The standard InChI is InChI=1S/C16H14ClF3N2O3.CH4O/c1-8-6-21-7-13(22-8)15(25,16(18,19)20)9(2)11-5-10(14(23)24)3-4-12(11)17;1-2/h3-7,9,25H,1-2H3,(H,23,24);2H,1H3. The van der Waals surface area contributed by atoms with Crippen LogP contribution in [-0.4, -0.2) is 44.5 Å². The fourth-order valence-corrected chi connectivity index (χ4v) is 2.77. The lowest BCUT2D eigenvalue weighted by atomic mass is 9.80. The Hall–Kier alpha value is -2.23. The van der Waals surface area contributed by atoms with Crippen LogP contribution in [-0.2, 0) is 5.60 Å². The third-order valence-corrected chi connectivity index (χ3v) is 4.26. The monoisotopic (exact) mass is 406 g/mol. The van der Waals surface area contributed by atoms with E-state index in [1.54, 1.807) is 0 Å². The summed E-state index contributed by atoms with van der Waals surface area (Å²) in [5.74, 6) is -2.95. The number of nitrogens with zero attached hydrogens (tertiary/aromatic N) is 2. The van der Waals surface area contributed by atoms with Crippen LogP contribution in [0.5, 0.6) is 0 Å². The number of aromatic carboxylic acids is 1. The van der Waals surface area contributed by atoms with E-state index in [-0.39, 0.29) is 21.8 Å². The summed E-state index contributed by atoms with van der Waals surface area (Å²) in [6.07, 6.45) is -3.02. The second kappa shape index (κ2) is 8.64. The van der Waals surface area contributed by atoms with Gasteiger partial charge in [0, 0.05) is 24.2 Å². The molecule has 0 radical (unpaired) electrons. The van der Waals surface area contributed by atoms with E-state index in [4.69, 9.17) is 21.8 Å². The van der Waals surface area contributed by atoms with Crippen LogP contribution in [0.25, 0.3) is 0 Å². The number of benzene rings is 1. The summed E-state index contributed by atoms with van der Waals surface area (Å²) in [4.78, 5) is 18.5. The van der Waals surface area contributed by atoms with Crippen molar-refractivity contribution in [3.63, 3.8) is 0 Å². The quantitative estimate of drug-likeness (QED) is 0.719. The van der Waals surface area contributed by atoms with Crippen LogP contribution in [0.2, 0.25) is 5.02 Å². The van der Waals surface area contributed by atoms with Gasteiger partial charge in [0.1, 0.15) is 5.69 Å². The van der Waals surface area contributed by atoms with E-state index in [2.05, 4.69) is 9.97 Å². The van der Waals surface area contributed by atoms with Crippen molar-refractivity contribution in [2.24, 2.45) is 0 Å². The maximum Gasteiger partial charge on any atom is 0.423 e. The molecule has 2 aromatic rings. The van der Waals surface area contributed by atoms with Gasteiger partial charge < -0.3 is 15.3 Å². The molecule has 0 amide bonds. The highest BCUT2D eigenvalue weighted by Gasteiger charge is 2.60. The zero-order valence-electron chi connectivity index (χ0n) is 14.6. The van der Waals surface area contributed by atoms with Crippen molar-refractivity contribution < 1.29 is 33.3 Å². The molecule has 27 heavy (non-hydrogen) atoms. The normalized spacial score (nSPS) is 14.6. The number of hydrogen-bond donors (Lipinski definition) is 3. The zero-order chi connectivity index (χ0) is 21.0. The summed E-state index contributed by atoms with van der Waals surface area (Å²) in [6, 6.07) is 3.35. The number of carboxylic acid groups (broad SMARTS) is 1. The number of aliphatic hydroxyl groups is 2. The van der Waals surface area contributed by atoms with E-state index >= 15 is 0 Å². The summed E-state index contributed by atoms with van der Waals surface area (Å²) in [5.41, 5.74) is -4.30. The first kappa shape index (κ1) is 22.8. The maximum atomic E-state index is 13.8. The molecule has 148 valence electrons. The minimum absolute atomic E-state index is 0.0965. The average molecular weight is 407 g/mol. The molecule has 0 aliphatic rings. The largest absolute Gasteiger partial charge is 0.478 e. The zero-order valence-corrected chi connectivity index (χ0v) is 15.4. The number of hydrogen-bond acceptors (Lipinski definition) is 5. The fraction of sp³-hybridized carbons (Fsp3) is 0.353. The van der Waals surface area contributed by atoms with Gasteiger partial charge in [-0.1, -0.05) is 18.5 Å². The van der Waals surface area contributed by atoms with Gasteiger partial charge in [-0.3, -0.25) is 9.97 Å². The third kappa shape index (κ3) is 4.55. The molecule has 1 aromatic carbocycles. The molecule has 0 bridgehead atoms. The van der Waals surface area contributed by atoms with Crippen molar-refractivity contribution in [3.8, 4) is 0 Å². The number of aromatic nitrogens is 2. The molecule has 0 aliphatic carbocycles. The maximum absolute atomic E-state index is 13.8. The number of carbonyl (C=O) groups is 1. The molecule has 0 saturated heterocycles. The van der Waals surface area contributed by atoms with Crippen molar-refractivity contribution in [1.82, 2.24) is 9.97 Å². The highest BCUT2D eigenvalue weighted by molar-refractivity contribution is 6.31. The molecule has 3 N–H and O–H groups in total. The van der Waals surface area contributed by atoms with E-state index in [0.29, 0.717) is 0 Å². The number of rotatable bonds is 4. The van der Waals surface area contributed by atoms with Gasteiger partial charge in [0.05, 0.1) is 17.5 Å². The minimum atomic E-state index is -5.10. The number of halogens is 4. The van der Waals surface area contributed by atoms with Gasteiger partial charge in [0.15, 0.2) is 0 Å². The lowest BCUT2D eigenvalue weighted by molar-refractivity contribution is -0.276. The highest BCUT2D eigenvalue weighted by atomic mass is 35.5. The Morgan fingerprint density at radius 3 is 2.30 bits per heavy atom. The molecule has 2 unspecified atom stereocenters. The fourth-order valence-electron chi connectivity index (χ4n) is 2.49. The molecular weight excluding hydrogens is 389 g/mol. The van der Waals surface area contributed by atoms with Crippen molar-refractivity contribution >= 4 is 17.6 Å². The Bertz CT molecular complexity index is 817. The number of carboxylic acids is 1. The van der Waals surface area contributed by atoms with E-state index in [1.807, 2.05) is 0 Å². The minimum Gasteiger partial charge on any atom is -0.478 e. The predicted octanol–water partition coefficient (Wildman–Crippen LogP) is 3.30. The molecule has 0 saturated carbocycles. The van der Waals surface area contributed by atoms with Gasteiger partial charge in [0.2, 0.25) is 5.60 Å². The molecule has 10 heteroatoms. The van der Waals surface area contributed by atoms with Gasteiger partial charge in [-0.2, -0.15) is 13.2 Å². The first-order valence-corrected chi connectivity index (χ1v) is 7.92. The van der Waals surface area contributed by atoms with Gasteiger partial charge in [-0.05, 0) is 30.7 Å². The van der Waals surface area contributed by atoms with Crippen LogP contribution in [0.3, 0.4) is 0 Å². The lowest BCUT2D eigenvalue weighted by Gasteiger charge is -2.35. The van der Waals surface area contributed by atoms with Crippen molar-refractivity contribution in [2.45, 2.75) is 31.5 Å². The van der Waals surface area contributed by atoms with Crippen molar-refractivity contribution in [3.05, 3.63) is 58.1 Å². The topological polar surface area (TPSA) is 104 Å². The number of aliphatic hydroxyl groups excluding tert-OH is 1. The van der Waals surface area contributed by atoms with Gasteiger partial charge in [-0.15, -0.1) is 0 Å². The van der Waals surface area contributed by atoms with Crippen LogP contribution in [0.1, 0.15) is 40.2 Å². The summed E-state index contributed by atoms with van der Waals surface area (Å²) >= 11 is 5.96. The van der Waals surface area contributed by atoms with E-state index in [0.717, 1.165) is 26.3 Å². The van der Waals surface area contributed by atoms with Crippen LogP contribution in [0.4, 0.5) is 13.2 Å². The Morgan fingerprint density at radius 2 is 1.81 bits per heavy atom. The molecule has 0 fully saturated rings. The smallest absolute Gasteiger partial charge is 0.423 e. The van der Waals surface area contributed by atoms with Crippen LogP contribution < -0.4 is 0 Å². The number of alkyl halides is 3.